The van der Waals surface area contributed by atoms with Crippen LogP contribution in [0.1, 0.15) is 17.5 Å². The Hall–Kier alpha value is -1.07. The van der Waals surface area contributed by atoms with Gasteiger partial charge in [0.1, 0.15) is 5.75 Å². The quantitative estimate of drug-likeness (QED) is 0.666. The predicted octanol–water partition coefficient (Wildman–Crippen LogP) is 5.37. The minimum absolute atomic E-state index is 0.833. The Bertz CT molecular complexity index is 655. The smallest absolute Gasteiger partial charge is 0.127 e. The number of hydrogen-bond donors (Lipinski definition) is 0. The Kier molecular flexibility index (Phi) is 3.34. The van der Waals surface area contributed by atoms with Crippen molar-refractivity contribution in [2.45, 2.75) is 45.7 Å². The second kappa shape index (κ2) is 4.72. The molecule has 3 rings (SSSR count). The number of hydrogen-bond acceptors (Lipinski definition) is 1. The summed E-state index contributed by atoms with van der Waals surface area (Å²) < 4.78 is 5.92. The highest BCUT2D eigenvalue weighted by atomic mass is 28.3. The molecule has 0 unspecified atom stereocenters. The molecule has 0 atom stereocenters. The van der Waals surface area contributed by atoms with Crippen LogP contribution in [-0.4, -0.2) is 22.8 Å². The molecule has 2 aliphatic rings. The van der Waals surface area contributed by atoms with E-state index in [4.69, 9.17) is 4.74 Å². The SMILES string of the molecule is C[Si](C)(C)/C=C1/C([Si](C)(C)C)=C2CCOc3cccc1c32. The monoisotopic (exact) mass is 314 g/mol. The zero-order chi connectivity index (χ0) is 15.4. The minimum Gasteiger partial charge on any atom is -0.493 e. The largest absolute Gasteiger partial charge is 0.493 e. The highest BCUT2D eigenvalue weighted by molar-refractivity contribution is 6.88. The summed E-state index contributed by atoms with van der Waals surface area (Å²) in [6.07, 6.45) is 1.08. The summed E-state index contributed by atoms with van der Waals surface area (Å²) >= 11 is 0. The third kappa shape index (κ3) is 2.57. The van der Waals surface area contributed by atoms with Crippen LogP contribution >= 0.6 is 0 Å². The Balaban J connectivity index is 2.33. The maximum absolute atomic E-state index is 5.92. The van der Waals surface area contributed by atoms with Gasteiger partial charge in [0.15, 0.2) is 0 Å². The van der Waals surface area contributed by atoms with Crippen LogP contribution in [-0.2, 0) is 0 Å². The van der Waals surface area contributed by atoms with Crippen LogP contribution in [0.5, 0.6) is 5.75 Å². The lowest BCUT2D eigenvalue weighted by Gasteiger charge is -2.25. The zero-order valence-electron chi connectivity index (χ0n) is 14.1. The fourth-order valence-corrected chi connectivity index (χ4v) is 7.04. The van der Waals surface area contributed by atoms with Crippen LogP contribution < -0.4 is 4.74 Å². The van der Waals surface area contributed by atoms with E-state index >= 15 is 0 Å². The Morgan fingerprint density at radius 2 is 1.76 bits per heavy atom. The van der Waals surface area contributed by atoms with Crippen LogP contribution in [0, 0.1) is 0 Å². The summed E-state index contributed by atoms with van der Waals surface area (Å²) in [5.74, 6) is 1.10. The number of ether oxygens (including phenoxy) is 1. The van der Waals surface area contributed by atoms with Crippen LogP contribution in [0.4, 0.5) is 0 Å². The first kappa shape index (κ1) is 14.9. The van der Waals surface area contributed by atoms with Crippen LogP contribution in [0.3, 0.4) is 0 Å². The second-order valence-electron chi connectivity index (χ2n) is 8.30. The fourth-order valence-electron chi connectivity index (χ4n) is 3.56. The van der Waals surface area contributed by atoms with E-state index in [2.05, 4.69) is 63.2 Å². The van der Waals surface area contributed by atoms with E-state index in [-0.39, 0.29) is 0 Å². The molecule has 0 bridgehead atoms. The molecular weight excluding hydrogens is 288 g/mol. The molecule has 1 heterocycles. The molecule has 0 amide bonds. The van der Waals surface area contributed by atoms with Gasteiger partial charge < -0.3 is 4.74 Å². The topological polar surface area (TPSA) is 9.23 Å². The van der Waals surface area contributed by atoms with Gasteiger partial charge in [0.25, 0.3) is 0 Å². The molecular formula is C18H26OSi2. The Morgan fingerprint density at radius 1 is 1.05 bits per heavy atom. The van der Waals surface area contributed by atoms with Gasteiger partial charge in [-0.15, -0.1) is 0 Å². The van der Waals surface area contributed by atoms with E-state index in [1.807, 2.05) is 0 Å². The molecule has 21 heavy (non-hydrogen) atoms. The van der Waals surface area contributed by atoms with Crippen LogP contribution in [0.2, 0.25) is 39.3 Å². The minimum atomic E-state index is -1.38. The molecule has 3 heteroatoms. The van der Waals surface area contributed by atoms with Crippen molar-refractivity contribution in [1.29, 1.82) is 0 Å². The van der Waals surface area contributed by atoms with Crippen LogP contribution in [0.25, 0.3) is 11.1 Å². The highest BCUT2D eigenvalue weighted by Gasteiger charge is 2.37. The summed E-state index contributed by atoms with van der Waals surface area (Å²) in [5.41, 5.74) is 8.59. The van der Waals surface area contributed by atoms with Gasteiger partial charge in [-0.05, 0) is 28.0 Å². The third-order valence-electron chi connectivity index (χ3n) is 4.13. The van der Waals surface area contributed by atoms with Crippen molar-refractivity contribution >= 4 is 27.3 Å². The van der Waals surface area contributed by atoms with Gasteiger partial charge in [-0.3, -0.25) is 0 Å². The number of benzene rings is 1. The average Bonchev–Trinajstić information content (AvgIpc) is 2.64. The van der Waals surface area contributed by atoms with E-state index in [9.17, 15) is 0 Å². The number of rotatable bonds is 2. The summed E-state index contributed by atoms with van der Waals surface area (Å²) in [6, 6.07) is 6.59. The summed E-state index contributed by atoms with van der Waals surface area (Å²) in [7, 11) is -2.65. The van der Waals surface area contributed by atoms with Crippen molar-refractivity contribution in [3.05, 3.63) is 40.2 Å². The van der Waals surface area contributed by atoms with Crippen molar-refractivity contribution in [2.75, 3.05) is 6.61 Å². The predicted molar refractivity (Wildman–Crippen MR) is 98.1 cm³/mol. The van der Waals surface area contributed by atoms with Crippen molar-refractivity contribution in [3.63, 3.8) is 0 Å². The average molecular weight is 315 g/mol. The van der Waals surface area contributed by atoms with Gasteiger partial charge in [0.05, 0.1) is 22.8 Å². The first-order valence-electron chi connectivity index (χ1n) is 7.92. The molecule has 0 aromatic heterocycles. The van der Waals surface area contributed by atoms with Crippen molar-refractivity contribution < 1.29 is 4.74 Å². The first-order chi connectivity index (χ1) is 9.68. The molecule has 0 saturated carbocycles. The molecule has 1 nitrogen and oxygen atoms in total. The molecule has 0 N–H and O–H groups in total. The van der Waals surface area contributed by atoms with Gasteiger partial charge in [-0.2, -0.15) is 0 Å². The molecule has 1 aliphatic carbocycles. The van der Waals surface area contributed by atoms with Gasteiger partial charge in [0, 0.05) is 12.0 Å². The van der Waals surface area contributed by atoms with Gasteiger partial charge >= 0.3 is 0 Å². The lowest BCUT2D eigenvalue weighted by atomic mass is 10.00. The highest BCUT2D eigenvalue weighted by Crippen LogP contribution is 2.51. The Labute approximate surface area is 130 Å². The maximum Gasteiger partial charge on any atom is 0.127 e. The van der Waals surface area contributed by atoms with Crippen molar-refractivity contribution in [2.24, 2.45) is 0 Å². The standard InChI is InChI=1S/C18H26OSi2/c1-20(2,3)12-15-13-8-7-9-16-17(13)14(10-11-19-16)18(15)21(4,5)6/h7-9,12H,10-11H2,1-6H3/b15-12+. The fraction of sp³-hybridized carbons (Fsp3) is 0.444. The molecule has 0 saturated heterocycles. The van der Waals surface area contributed by atoms with E-state index in [1.54, 1.807) is 16.3 Å². The molecule has 1 aromatic rings. The molecule has 0 radical (unpaired) electrons. The first-order valence-corrected chi connectivity index (χ1v) is 15.0. The molecule has 0 fully saturated rings. The molecule has 0 spiro atoms. The lowest BCUT2D eigenvalue weighted by Crippen LogP contribution is -2.26. The van der Waals surface area contributed by atoms with E-state index in [0.717, 1.165) is 18.8 Å². The second-order valence-corrected chi connectivity index (χ2v) is 18.3. The Morgan fingerprint density at radius 3 is 2.38 bits per heavy atom. The molecule has 112 valence electrons. The third-order valence-corrected chi connectivity index (χ3v) is 7.35. The maximum atomic E-state index is 5.92. The van der Waals surface area contributed by atoms with Crippen molar-refractivity contribution in [1.82, 2.24) is 0 Å². The van der Waals surface area contributed by atoms with Crippen LogP contribution in [0.15, 0.2) is 29.1 Å². The van der Waals surface area contributed by atoms with Crippen molar-refractivity contribution in [3.8, 4) is 5.75 Å². The lowest BCUT2D eigenvalue weighted by molar-refractivity contribution is 0.316. The van der Waals surface area contributed by atoms with Gasteiger partial charge in [-0.25, -0.2) is 0 Å². The summed E-state index contributed by atoms with van der Waals surface area (Å²) in [6.45, 7) is 15.6. The molecule has 1 aliphatic heterocycles. The van der Waals surface area contributed by atoms with Gasteiger partial charge in [0.2, 0.25) is 0 Å². The normalized spacial score (nSPS) is 19.8. The van der Waals surface area contributed by atoms with E-state index in [1.165, 1.54) is 11.1 Å². The van der Waals surface area contributed by atoms with E-state index < -0.39 is 16.1 Å². The van der Waals surface area contributed by atoms with E-state index in [0.29, 0.717) is 0 Å². The van der Waals surface area contributed by atoms with Gasteiger partial charge in [-0.1, -0.05) is 57.1 Å². The number of allylic oxidation sites excluding steroid dienone is 2. The molecule has 1 aromatic carbocycles. The zero-order valence-corrected chi connectivity index (χ0v) is 16.1. The summed E-state index contributed by atoms with van der Waals surface area (Å²) in [4.78, 5) is 0. The summed E-state index contributed by atoms with van der Waals surface area (Å²) in [5, 5.41) is 1.69.